The standard InChI is InChI=1S/C17H20N4O/c1-12-5-6-14(11-13(12)2)19-16(22)15-7-8-18-17(20-15)21-9-3-4-10-21/h5-8,11H,3-4,9-10H2,1-2H3,(H,19,22). The van der Waals surface area contributed by atoms with Crippen molar-refractivity contribution in [3.05, 3.63) is 47.3 Å². The molecule has 5 nitrogen and oxygen atoms in total. The monoisotopic (exact) mass is 296 g/mol. The average molecular weight is 296 g/mol. The van der Waals surface area contributed by atoms with E-state index in [0.717, 1.165) is 37.2 Å². The largest absolute Gasteiger partial charge is 0.341 e. The van der Waals surface area contributed by atoms with E-state index in [1.54, 1.807) is 12.3 Å². The third kappa shape index (κ3) is 3.08. The molecule has 2 aromatic rings. The number of carbonyl (C=O) groups excluding carboxylic acids is 1. The summed E-state index contributed by atoms with van der Waals surface area (Å²) in [7, 11) is 0. The van der Waals surface area contributed by atoms with Gasteiger partial charge >= 0.3 is 0 Å². The summed E-state index contributed by atoms with van der Waals surface area (Å²) >= 11 is 0. The number of aromatic nitrogens is 2. The first kappa shape index (κ1) is 14.5. The maximum atomic E-state index is 12.4. The van der Waals surface area contributed by atoms with Crippen LogP contribution < -0.4 is 10.2 Å². The van der Waals surface area contributed by atoms with Gasteiger partial charge in [-0.05, 0) is 56.0 Å². The van der Waals surface area contributed by atoms with E-state index < -0.39 is 0 Å². The minimum Gasteiger partial charge on any atom is -0.341 e. The van der Waals surface area contributed by atoms with Crippen molar-refractivity contribution in [1.29, 1.82) is 0 Å². The van der Waals surface area contributed by atoms with Crippen molar-refractivity contribution in [1.82, 2.24) is 9.97 Å². The number of rotatable bonds is 3. The molecule has 5 heteroatoms. The molecule has 114 valence electrons. The molecule has 1 aromatic carbocycles. The summed E-state index contributed by atoms with van der Waals surface area (Å²) < 4.78 is 0. The molecule has 0 unspecified atom stereocenters. The number of nitrogens with zero attached hydrogens (tertiary/aromatic N) is 3. The van der Waals surface area contributed by atoms with Crippen LogP contribution in [0.4, 0.5) is 11.6 Å². The highest BCUT2D eigenvalue weighted by Gasteiger charge is 2.17. The van der Waals surface area contributed by atoms with Crippen LogP contribution in [0.2, 0.25) is 0 Å². The summed E-state index contributed by atoms with van der Waals surface area (Å²) in [6.45, 7) is 6.00. The molecule has 1 amide bonds. The van der Waals surface area contributed by atoms with Crippen molar-refractivity contribution >= 4 is 17.5 Å². The van der Waals surface area contributed by atoms with Crippen molar-refractivity contribution in [2.75, 3.05) is 23.3 Å². The zero-order valence-electron chi connectivity index (χ0n) is 13.0. The van der Waals surface area contributed by atoms with Gasteiger partial charge in [-0.3, -0.25) is 4.79 Å². The van der Waals surface area contributed by atoms with E-state index >= 15 is 0 Å². The molecule has 2 heterocycles. The molecule has 1 aliphatic heterocycles. The molecule has 0 bridgehead atoms. The molecule has 1 N–H and O–H groups in total. The highest BCUT2D eigenvalue weighted by molar-refractivity contribution is 6.03. The molecule has 1 aliphatic rings. The predicted octanol–water partition coefficient (Wildman–Crippen LogP) is 2.95. The Morgan fingerprint density at radius 2 is 1.91 bits per heavy atom. The van der Waals surface area contributed by atoms with Crippen molar-refractivity contribution in [2.24, 2.45) is 0 Å². The second kappa shape index (κ2) is 6.13. The van der Waals surface area contributed by atoms with Gasteiger partial charge in [0.25, 0.3) is 5.91 Å². The van der Waals surface area contributed by atoms with Crippen molar-refractivity contribution in [3.63, 3.8) is 0 Å². The first-order chi connectivity index (χ1) is 10.6. The third-order valence-electron chi connectivity index (χ3n) is 4.03. The summed E-state index contributed by atoms with van der Waals surface area (Å²) in [6.07, 6.45) is 3.96. The molecule has 1 aromatic heterocycles. The minimum atomic E-state index is -0.203. The summed E-state index contributed by atoms with van der Waals surface area (Å²) in [5.74, 6) is 0.441. The van der Waals surface area contributed by atoms with Crippen molar-refractivity contribution < 1.29 is 4.79 Å². The Morgan fingerprint density at radius 3 is 2.64 bits per heavy atom. The van der Waals surface area contributed by atoms with Crippen molar-refractivity contribution in [3.8, 4) is 0 Å². The van der Waals surface area contributed by atoms with Crippen LogP contribution in [0.25, 0.3) is 0 Å². The van der Waals surface area contributed by atoms with E-state index in [4.69, 9.17) is 0 Å². The van der Waals surface area contributed by atoms with E-state index in [-0.39, 0.29) is 5.91 Å². The minimum absolute atomic E-state index is 0.203. The number of nitrogens with one attached hydrogen (secondary N) is 1. The highest BCUT2D eigenvalue weighted by Crippen LogP contribution is 2.17. The van der Waals surface area contributed by atoms with Crippen LogP contribution in [0, 0.1) is 13.8 Å². The van der Waals surface area contributed by atoms with Crippen molar-refractivity contribution in [2.45, 2.75) is 26.7 Å². The fourth-order valence-corrected chi connectivity index (χ4v) is 2.56. The van der Waals surface area contributed by atoms with Crippen LogP contribution in [0.3, 0.4) is 0 Å². The molecule has 0 atom stereocenters. The number of anilines is 2. The Hall–Kier alpha value is -2.43. The second-order valence-corrected chi connectivity index (χ2v) is 5.69. The van der Waals surface area contributed by atoms with Gasteiger partial charge in [0.1, 0.15) is 5.69 Å². The molecular formula is C17H20N4O. The summed E-state index contributed by atoms with van der Waals surface area (Å²) in [6, 6.07) is 7.52. The number of amides is 1. The lowest BCUT2D eigenvalue weighted by molar-refractivity contribution is 0.102. The lowest BCUT2D eigenvalue weighted by Gasteiger charge is -2.15. The molecule has 0 saturated carbocycles. The summed E-state index contributed by atoms with van der Waals surface area (Å²) in [5, 5.41) is 2.90. The van der Waals surface area contributed by atoms with Gasteiger partial charge in [-0.15, -0.1) is 0 Å². The summed E-state index contributed by atoms with van der Waals surface area (Å²) in [5.41, 5.74) is 3.54. The normalized spacial score (nSPS) is 14.2. The van der Waals surface area contributed by atoms with Gasteiger partial charge in [-0.2, -0.15) is 0 Å². The van der Waals surface area contributed by atoms with E-state index in [1.807, 2.05) is 32.0 Å². The van der Waals surface area contributed by atoms with Crippen LogP contribution >= 0.6 is 0 Å². The Morgan fingerprint density at radius 1 is 1.14 bits per heavy atom. The maximum absolute atomic E-state index is 12.4. The van der Waals surface area contributed by atoms with Crippen LogP contribution in [0.1, 0.15) is 34.5 Å². The van der Waals surface area contributed by atoms with Crippen LogP contribution in [-0.4, -0.2) is 29.0 Å². The quantitative estimate of drug-likeness (QED) is 0.946. The first-order valence-corrected chi connectivity index (χ1v) is 7.60. The topological polar surface area (TPSA) is 58.1 Å². The molecular weight excluding hydrogens is 276 g/mol. The van der Waals surface area contributed by atoms with Gasteiger partial charge in [-0.25, -0.2) is 9.97 Å². The molecule has 22 heavy (non-hydrogen) atoms. The Balaban J connectivity index is 1.76. The number of aryl methyl sites for hydroxylation is 2. The van der Waals surface area contributed by atoms with Crippen LogP contribution in [0.15, 0.2) is 30.5 Å². The van der Waals surface area contributed by atoms with Gasteiger partial charge in [0, 0.05) is 25.0 Å². The zero-order valence-corrected chi connectivity index (χ0v) is 13.0. The highest BCUT2D eigenvalue weighted by atomic mass is 16.1. The predicted molar refractivity (Wildman–Crippen MR) is 87.3 cm³/mol. The summed E-state index contributed by atoms with van der Waals surface area (Å²) in [4.78, 5) is 23.1. The molecule has 3 rings (SSSR count). The van der Waals surface area contributed by atoms with E-state index in [9.17, 15) is 4.79 Å². The second-order valence-electron chi connectivity index (χ2n) is 5.69. The van der Waals surface area contributed by atoms with Crippen LogP contribution in [-0.2, 0) is 0 Å². The fraction of sp³-hybridized carbons (Fsp3) is 0.353. The lowest BCUT2D eigenvalue weighted by atomic mass is 10.1. The van der Waals surface area contributed by atoms with Gasteiger partial charge in [0.15, 0.2) is 0 Å². The average Bonchev–Trinajstić information content (AvgIpc) is 3.05. The fourth-order valence-electron chi connectivity index (χ4n) is 2.56. The van der Waals surface area contributed by atoms with E-state index in [2.05, 4.69) is 20.2 Å². The molecule has 0 aliphatic carbocycles. The number of hydrogen-bond acceptors (Lipinski definition) is 4. The SMILES string of the molecule is Cc1ccc(NC(=O)c2ccnc(N3CCCC3)n2)cc1C. The smallest absolute Gasteiger partial charge is 0.274 e. The number of hydrogen-bond donors (Lipinski definition) is 1. The number of carbonyl (C=O) groups is 1. The Bertz CT molecular complexity index is 693. The van der Waals surface area contributed by atoms with E-state index in [0.29, 0.717) is 11.6 Å². The number of benzene rings is 1. The molecule has 1 fully saturated rings. The van der Waals surface area contributed by atoms with Gasteiger partial charge in [0.05, 0.1) is 0 Å². The Labute approximate surface area is 130 Å². The molecule has 0 radical (unpaired) electrons. The molecule has 0 spiro atoms. The van der Waals surface area contributed by atoms with Gasteiger partial charge in [-0.1, -0.05) is 6.07 Å². The van der Waals surface area contributed by atoms with Gasteiger partial charge in [0.2, 0.25) is 5.95 Å². The zero-order chi connectivity index (χ0) is 15.5. The maximum Gasteiger partial charge on any atom is 0.274 e. The lowest BCUT2D eigenvalue weighted by Crippen LogP contribution is -2.22. The van der Waals surface area contributed by atoms with E-state index in [1.165, 1.54) is 5.56 Å². The first-order valence-electron chi connectivity index (χ1n) is 7.60. The van der Waals surface area contributed by atoms with Gasteiger partial charge < -0.3 is 10.2 Å². The van der Waals surface area contributed by atoms with Crippen LogP contribution in [0.5, 0.6) is 0 Å². The molecule has 1 saturated heterocycles. The Kier molecular flexibility index (Phi) is 4.04. The third-order valence-corrected chi connectivity index (χ3v) is 4.03.